The van der Waals surface area contributed by atoms with Gasteiger partial charge in [-0.25, -0.2) is 4.39 Å². The van der Waals surface area contributed by atoms with Crippen LogP contribution in [0.25, 0.3) is 0 Å². The molecule has 1 aliphatic rings. The Morgan fingerprint density at radius 3 is 2.76 bits per heavy atom. The smallest absolute Gasteiger partial charge is 0.270 e. The molecule has 0 aromatic heterocycles. The van der Waals surface area contributed by atoms with Crippen LogP contribution in [0, 0.1) is 15.9 Å². The van der Waals surface area contributed by atoms with Gasteiger partial charge in [0.15, 0.2) is 0 Å². The molecule has 1 fully saturated rings. The molecular formula is C13H15FN2O5. The Morgan fingerprint density at radius 2 is 2.14 bits per heavy atom. The first-order valence-electron chi connectivity index (χ1n) is 6.44. The van der Waals surface area contributed by atoms with Gasteiger partial charge >= 0.3 is 0 Å². The molecule has 8 heteroatoms. The van der Waals surface area contributed by atoms with E-state index < -0.39 is 27.8 Å². The van der Waals surface area contributed by atoms with Crippen LogP contribution < -0.4 is 5.32 Å². The topological polar surface area (TPSA) is 102 Å². The molecule has 1 saturated heterocycles. The van der Waals surface area contributed by atoms with Crippen molar-refractivity contribution in [3.8, 4) is 0 Å². The fraction of sp³-hybridized carbons (Fsp3) is 0.462. The predicted octanol–water partition coefficient (Wildman–Crippen LogP) is 1.01. The second-order valence-electron chi connectivity index (χ2n) is 4.94. The summed E-state index contributed by atoms with van der Waals surface area (Å²) in [5.41, 5.74) is -1.88. The summed E-state index contributed by atoms with van der Waals surface area (Å²) in [5.74, 6) is -1.65. The Morgan fingerprint density at radius 1 is 1.48 bits per heavy atom. The SMILES string of the molecule is O=C(NCC1(O)CCOCC1)c1cc([N+](=O)[O-])ccc1F. The molecule has 0 bridgehead atoms. The molecule has 1 aromatic carbocycles. The number of nitrogens with zero attached hydrogens (tertiary/aromatic N) is 1. The molecule has 0 radical (unpaired) electrons. The maximum Gasteiger partial charge on any atom is 0.270 e. The Bertz CT molecular complexity index is 557. The van der Waals surface area contributed by atoms with Gasteiger partial charge in [0.05, 0.1) is 16.1 Å². The van der Waals surface area contributed by atoms with Crippen LogP contribution in [-0.4, -0.2) is 41.3 Å². The van der Waals surface area contributed by atoms with Crippen LogP contribution in [0.1, 0.15) is 23.2 Å². The fourth-order valence-corrected chi connectivity index (χ4v) is 2.07. The van der Waals surface area contributed by atoms with Gasteiger partial charge in [-0.3, -0.25) is 14.9 Å². The highest BCUT2D eigenvalue weighted by molar-refractivity contribution is 5.95. The molecule has 1 aromatic rings. The molecular weight excluding hydrogens is 283 g/mol. The summed E-state index contributed by atoms with van der Waals surface area (Å²) in [6.45, 7) is 0.715. The van der Waals surface area contributed by atoms with Gasteiger partial charge in [-0.1, -0.05) is 0 Å². The molecule has 114 valence electrons. The van der Waals surface area contributed by atoms with Crippen LogP contribution >= 0.6 is 0 Å². The number of benzene rings is 1. The zero-order valence-corrected chi connectivity index (χ0v) is 11.2. The summed E-state index contributed by atoms with van der Waals surface area (Å²) in [6, 6.07) is 2.73. The lowest BCUT2D eigenvalue weighted by molar-refractivity contribution is -0.384. The summed E-state index contributed by atoms with van der Waals surface area (Å²) in [6.07, 6.45) is 0.732. The number of halogens is 1. The van der Waals surface area contributed by atoms with E-state index in [-0.39, 0.29) is 12.2 Å². The lowest BCUT2D eigenvalue weighted by Gasteiger charge is -2.32. The second kappa shape index (κ2) is 6.15. The fourth-order valence-electron chi connectivity index (χ4n) is 2.07. The number of hydrogen-bond acceptors (Lipinski definition) is 5. The number of nitrogens with one attached hydrogen (secondary N) is 1. The van der Waals surface area contributed by atoms with Gasteiger partial charge < -0.3 is 15.2 Å². The van der Waals surface area contributed by atoms with Crippen LogP contribution in [0.5, 0.6) is 0 Å². The van der Waals surface area contributed by atoms with Crippen molar-refractivity contribution >= 4 is 11.6 Å². The molecule has 0 atom stereocenters. The van der Waals surface area contributed by atoms with E-state index in [4.69, 9.17) is 4.74 Å². The first kappa shape index (κ1) is 15.3. The molecule has 21 heavy (non-hydrogen) atoms. The minimum Gasteiger partial charge on any atom is -0.388 e. The number of carbonyl (C=O) groups is 1. The average molecular weight is 298 g/mol. The van der Waals surface area contributed by atoms with Crippen molar-refractivity contribution in [3.63, 3.8) is 0 Å². The van der Waals surface area contributed by atoms with Crippen LogP contribution in [0.3, 0.4) is 0 Å². The van der Waals surface area contributed by atoms with E-state index in [1.807, 2.05) is 0 Å². The van der Waals surface area contributed by atoms with E-state index in [2.05, 4.69) is 5.32 Å². The molecule has 0 unspecified atom stereocenters. The van der Waals surface area contributed by atoms with Crippen molar-refractivity contribution < 1.29 is 24.0 Å². The van der Waals surface area contributed by atoms with Gasteiger partial charge in [0, 0.05) is 44.7 Å². The Hall–Kier alpha value is -2.06. The highest BCUT2D eigenvalue weighted by Crippen LogP contribution is 2.20. The largest absolute Gasteiger partial charge is 0.388 e. The number of nitro groups is 1. The van der Waals surface area contributed by atoms with Crippen molar-refractivity contribution in [2.75, 3.05) is 19.8 Å². The molecule has 0 saturated carbocycles. The number of amides is 1. The van der Waals surface area contributed by atoms with Crippen molar-refractivity contribution in [1.82, 2.24) is 5.32 Å². The molecule has 2 N–H and O–H groups in total. The van der Waals surface area contributed by atoms with Gasteiger partial charge in [0.1, 0.15) is 5.82 Å². The van der Waals surface area contributed by atoms with Gasteiger partial charge in [-0.15, -0.1) is 0 Å². The number of rotatable bonds is 4. The average Bonchev–Trinajstić information content (AvgIpc) is 2.46. The first-order valence-corrected chi connectivity index (χ1v) is 6.44. The first-order chi connectivity index (χ1) is 9.91. The molecule has 1 amide bonds. The lowest BCUT2D eigenvalue weighted by atomic mass is 9.94. The molecule has 7 nitrogen and oxygen atoms in total. The third-order valence-electron chi connectivity index (χ3n) is 3.41. The van der Waals surface area contributed by atoms with Gasteiger partial charge in [0.25, 0.3) is 11.6 Å². The van der Waals surface area contributed by atoms with Crippen LogP contribution in [0.2, 0.25) is 0 Å². The second-order valence-corrected chi connectivity index (χ2v) is 4.94. The highest BCUT2D eigenvalue weighted by atomic mass is 19.1. The van der Waals surface area contributed by atoms with Crippen LogP contribution in [-0.2, 0) is 4.74 Å². The minimum absolute atomic E-state index is 0.0582. The number of non-ortho nitro benzene ring substituents is 1. The van der Waals surface area contributed by atoms with Gasteiger partial charge in [0.2, 0.25) is 0 Å². The predicted molar refractivity (Wildman–Crippen MR) is 70.4 cm³/mol. The zero-order chi connectivity index (χ0) is 15.5. The summed E-state index contributed by atoms with van der Waals surface area (Å²) in [4.78, 5) is 21.8. The van der Waals surface area contributed by atoms with Gasteiger partial charge in [-0.2, -0.15) is 0 Å². The Labute approximate surface area is 119 Å². The van der Waals surface area contributed by atoms with E-state index in [1.54, 1.807) is 0 Å². The lowest BCUT2D eigenvalue weighted by Crippen LogP contribution is -2.46. The maximum absolute atomic E-state index is 13.6. The molecule has 1 heterocycles. The maximum atomic E-state index is 13.6. The molecule has 0 spiro atoms. The highest BCUT2D eigenvalue weighted by Gasteiger charge is 2.30. The van der Waals surface area contributed by atoms with E-state index in [9.17, 15) is 24.4 Å². The van der Waals surface area contributed by atoms with E-state index >= 15 is 0 Å². The van der Waals surface area contributed by atoms with E-state index in [0.29, 0.717) is 26.1 Å². The van der Waals surface area contributed by atoms with E-state index in [0.717, 1.165) is 18.2 Å². The molecule has 0 aliphatic carbocycles. The van der Waals surface area contributed by atoms with Crippen molar-refractivity contribution in [1.29, 1.82) is 0 Å². The standard InChI is InChI=1S/C13H15FN2O5/c14-11-2-1-9(16(19)20)7-10(11)12(17)15-8-13(18)3-5-21-6-4-13/h1-2,7,18H,3-6,8H2,(H,15,17). The van der Waals surface area contributed by atoms with Crippen LogP contribution in [0.4, 0.5) is 10.1 Å². The summed E-state index contributed by atoms with van der Waals surface area (Å²) in [7, 11) is 0. The Balaban J connectivity index is 2.06. The third-order valence-corrected chi connectivity index (χ3v) is 3.41. The zero-order valence-electron chi connectivity index (χ0n) is 11.2. The Kier molecular flexibility index (Phi) is 4.49. The van der Waals surface area contributed by atoms with Gasteiger partial charge in [-0.05, 0) is 6.07 Å². The minimum atomic E-state index is -1.09. The quantitative estimate of drug-likeness (QED) is 0.638. The van der Waals surface area contributed by atoms with E-state index in [1.165, 1.54) is 0 Å². The summed E-state index contributed by atoms with van der Waals surface area (Å²) in [5, 5.41) is 23.2. The third kappa shape index (κ3) is 3.73. The van der Waals surface area contributed by atoms with Crippen LogP contribution in [0.15, 0.2) is 18.2 Å². The molecule has 2 rings (SSSR count). The normalized spacial score (nSPS) is 17.2. The number of carbonyl (C=O) groups excluding carboxylic acids is 1. The summed E-state index contributed by atoms with van der Waals surface area (Å²) >= 11 is 0. The number of nitro benzene ring substituents is 1. The summed E-state index contributed by atoms with van der Waals surface area (Å²) < 4.78 is 18.7. The molecule has 1 aliphatic heterocycles. The number of ether oxygens (including phenoxy) is 1. The van der Waals surface area contributed by atoms with Crippen molar-refractivity contribution in [2.45, 2.75) is 18.4 Å². The number of hydrogen-bond donors (Lipinski definition) is 2. The number of aliphatic hydroxyl groups is 1. The van der Waals surface area contributed by atoms with Crippen molar-refractivity contribution in [3.05, 3.63) is 39.7 Å². The van der Waals surface area contributed by atoms with Crippen molar-refractivity contribution in [2.24, 2.45) is 0 Å². The monoisotopic (exact) mass is 298 g/mol.